The Balaban J connectivity index is 1.49. The van der Waals surface area contributed by atoms with Gasteiger partial charge in [0, 0.05) is 44.1 Å². The summed E-state index contributed by atoms with van der Waals surface area (Å²) in [5, 5.41) is 3.76. The third-order valence-corrected chi connectivity index (χ3v) is 6.82. The quantitative estimate of drug-likeness (QED) is 0.657. The second-order valence-corrected chi connectivity index (χ2v) is 8.42. The van der Waals surface area contributed by atoms with Crippen LogP contribution in [0.5, 0.6) is 5.75 Å². The molecule has 1 aliphatic rings. The highest BCUT2D eigenvalue weighted by molar-refractivity contribution is 7.20. The van der Waals surface area contributed by atoms with Gasteiger partial charge in [-0.25, -0.2) is 4.98 Å². The highest BCUT2D eigenvalue weighted by atomic mass is 32.1. The highest BCUT2D eigenvalue weighted by Crippen LogP contribution is 2.39. The standard InChI is InChI=1S/C23H25N3O3S/c1-24-22(28)21-20(17-7-5-12-25-23(17)30-21)16-11-13-26(14-16)19(27)10-9-15-6-3-4-8-18(15)29-2/h3-8,12,16H,9-11,13-14H2,1-2H3,(H,24,28). The molecule has 3 aromatic rings. The Morgan fingerprint density at radius 3 is 2.90 bits per heavy atom. The molecule has 1 atom stereocenters. The number of carbonyl (C=O) groups excluding carboxylic acids is 2. The molecule has 1 saturated heterocycles. The first-order valence-electron chi connectivity index (χ1n) is 10.1. The van der Waals surface area contributed by atoms with Crippen molar-refractivity contribution in [3.63, 3.8) is 0 Å². The number of nitrogens with one attached hydrogen (secondary N) is 1. The molecular formula is C23H25N3O3S. The van der Waals surface area contributed by atoms with E-state index in [2.05, 4.69) is 10.3 Å². The molecule has 0 spiro atoms. The van der Waals surface area contributed by atoms with Gasteiger partial charge in [-0.3, -0.25) is 9.59 Å². The first-order valence-corrected chi connectivity index (χ1v) is 10.9. The van der Waals surface area contributed by atoms with Crippen LogP contribution in [0.2, 0.25) is 0 Å². The maximum Gasteiger partial charge on any atom is 0.261 e. The Morgan fingerprint density at radius 2 is 2.10 bits per heavy atom. The number of pyridine rings is 1. The van der Waals surface area contributed by atoms with Crippen LogP contribution >= 0.6 is 11.3 Å². The minimum absolute atomic E-state index is 0.0889. The maximum absolute atomic E-state index is 12.9. The third kappa shape index (κ3) is 3.89. The van der Waals surface area contributed by atoms with E-state index < -0.39 is 0 Å². The number of thiophene rings is 1. The van der Waals surface area contributed by atoms with E-state index >= 15 is 0 Å². The molecule has 1 fully saturated rings. The molecule has 0 saturated carbocycles. The second-order valence-electron chi connectivity index (χ2n) is 7.42. The number of likely N-dealkylation sites (tertiary alicyclic amines) is 1. The molecule has 1 aliphatic heterocycles. The molecule has 0 aliphatic carbocycles. The Morgan fingerprint density at radius 1 is 1.27 bits per heavy atom. The predicted molar refractivity (Wildman–Crippen MR) is 118 cm³/mol. The summed E-state index contributed by atoms with van der Waals surface area (Å²) in [7, 11) is 3.29. The van der Waals surface area contributed by atoms with E-state index in [-0.39, 0.29) is 17.7 Å². The number of aryl methyl sites for hydroxylation is 1. The fraction of sp³-hybridized carbons (Fsp3) is 0.348. The Kier molecular flexibility index (Phi) is 5.99. The summed E-state index contributed by atoms with van der Waals surface area (Å²) in [5.74, 6) is 1.01. The zero-order chi connectivity index (χ0) is 21.1. The van der Waals surface area contributed by atoms with E-state index in [1.165, 1.54) is 11.3 Å². The minimum atomic E-state index is -0.0889. The van der Waals surface area contributed by atoms with Crippen LogP contribution in [0.4, 0.5) is 0 Å². The van der Waals surface area contributed by atoms with Crippen LogP contribution in [0.15, 0.2) is 42.6 Å². The molecule has 3 heterocycles. The minimum Gasteiger partial charge on any atom is -0.496 e. The van der Waals surface area contributed by atoms with Gasteiger partial charge in [0.25, 0.3) is 5.91 Å². The van der Waals surface area contributed by atoms with E-state index in [4.69, 9.17) is 4.74 Å². The van der Waals surface area contributed by atoms with Crippen molar-refractivity contribution in [3.05, 3.63) is 58.6 Å². The molecule has 7 heteroatoms. The van der Waals surface area contributed by atoms with Crippen LogP contribution in [0.25, 0.3) is 10.2 Å². The van der Waals surface area contributed by atoms with Gasteiger partial charge in [-0.05, 0) is 36.1 Å². The lowest BCUT2D eigenvalue weighted by atomic mass is 9.95. The van der Waals surface area contributed by atoms with Crippen molar-refractivity contribution >= 4 is 33.4 Å². The number of nitrogens with zero attached hydrogens (tertiary/aromatic N) is 2. The summed E-state index contributed by atoms with van der Waals surface area (Å²) >= 11 is 1.42. The number of para-hydroxylation sites is 1. The van der Waals surface area contributed by atoms with Crippen LogP contribution in [-0.4, -0.2) is 48.9 Å². The van der Waals surface area contributed by atoms with Gasteiger partial charge in [0.1, 0.15) is 10.6 Å². The lowest BCUT2D eigenvalue weighted by Crippen LogP contribution is -2.29. The number of aromatic nitrogens is 1. The molecule has 1 unspecified atom stereocenters. The molecule has 156 valence electrons. The average Bonchev–Trinajstić information content (AvgIpc) is 3.41. The first kappa shape index (κ1) is 20.3. The molecule has 0 radical (unpaired) electrons. The molecule has 2 amide bonds. The zero-order valence-electron chi connectivity index (χ0n) is 17.2. The van der Waals surface area contributed by atoms with Gasteiger partial charge in [-0.2, -0.15) is 0 Å². The maximum atomic E-state index is 12.9. The summed E-state index contributed by atoms with van der Waals surface area (Å²) in [4.78, 5) is 33.3. The average molecular weight is 424 g/mol. The molecule has 30 heavy (non-hydrogen) atoms. The van der Waals surface area contributed by atoms with Crippen molar-refractivity contribution < 1.29 is 14.3 Å². The van der Waals surface area contributed by atoms with Gasteiger partial charge < -0.3 is 15.0 Å². The summed E-state index contributed by atoms with van der Waals surface area (Å²) in [6.45, 7) is 1.34. The van der Waals surface area contributed by atoms with Crippen molar-refractivity contribution in [2.75, 3.05) is 27.2 Å². The van der Waals surface area contributed by atoms with Crippen molar-refractivity contribution in [1.82, 2.24) is 15.2 Å². The number of ether oxygens (including phenoxy) is 1. The van der Waals surface area contributed by atoms with E-state index in [1.807, 2.05) is 41.3 Å². The zero-order valence-corrected chi connectivity index (χ0v) is 18.0. The van der Waals surface area contributed by atoms with Crippen molar-refractivity contribution in [1.29, 1.82) is 0 Å². The second kappa shape index (κ2) is 8.83. The predicted octanol–water partition coefficient (Wildman–Crippen LogP) is 3.61. The molecule has 1 N–H and O–H groups in total. The van der Waals surface area contributed by atoms with Crippen LogP contribution in [-0.2, 0) is 11.2 Å². The van der Waals surface area contributed by atoms with Crippen LogP contribution in [0.1, 0.15) is 39.6 Å². The normalized spacial score (nSPS) is 16.1. The number of hydrogen-bond acceptors (Lipinski definition) is 5. The molecule has 6 nitrogen and oxygen atoms in total. The van der Waals surface area contributed by atoms with Gasteiger partial charge >= 0.3 is 0 Å². The third-order valence-electron chi connectivity index (χ3n) is 5.69. The van der Waals surface area contributed by atoms with Gasteiger partial charge in [0.15, 0.2) is 0 Å². The summed E-state index contributed by atoms with van der Waals surface area (Å²) in [6, 6.07) is 11.7. The summed E-state index contributed by atoms with van der Waals surface area (Å²) in [5.41, 5.74) is 2.07. The molecule has 2 aromatic heterocycles. The topological polar surface area (TPSA) is 71.5 Å². The summed E-state index contributed by atoms with van der Waals surface area (Å²) < 4.78 is 5.39. The number of carbonyl (C=O) groups is 2. The van der Waals surface area contributed by atoms with Gasteiger partial charge in [-0.15, -0.1) is 11.3 Å². The van der Waals surface area contributed by atoms with E-state index in [9.17, 15) is 9.59 Å². The van der Waals surface area contributed by atoms with Crippen LogP contribution in [0, 0.1) is 0 Å². The van der Waals surface area contributed by atoms with Crippen molar-refractivity contribution in [2.24, 2.45) is 0 Å². The monoisotopic (exact) mass is 423 g/mol. The van der Waals surface area contributed by atoms with E-state index in [0.29, 0.717) is 30.8 Å². The Hall–Kier alpha value is -2.93. The van der Waals surface area contributed by atoms with Gasteiger partial charge in [0.05, 0.1) is 12.0 Å². The Labute approximate surface area is 179 Å². The smallest absolute Gasteiger partial charge is 0.261 e. The molecule has 0 bridgehead atoms. The Bertz CT molecular complexity index is 1080. The lowest BCUT2D eigenvalue weighted by Gasteiger charge is -2.17. The largest absolute Gasteiger partial charge is 0.496 e. The van der Waals surface area contributed by atoms with Gasteiger partial charge in [0.2, 0.25) is 5.91 Å². The number of amides is 2. The molecule has 4 rings (SSSR count). The number of methoxy groups -OCH3 is 1. The van der Waals surface area contributed by atoms with Gasteiger partial charge in [-0.1, -0.05) is 24.3 Å². The number of benzene rings is 1. The molecule has 1 aromatic carbocycles. The SMILES string of the molecule is CNC(=O)c1sc2ncccc2c1C1CCN(C(=O)CCc2ccccc2OC)C1. The number of rotatable bonds is 6. The van der Waals surface area contributed by atoms with Crippen LogP contribution in [0.3, 0.4) is 0 Å². The fourth-order valence-electron chi connectivity index (χ4n) is 4.17. The van der Waals surface area contributed by atoms with E-state index in [0.717, 1.165) is 33.5 Å². The van der Waals surface area contributed by atoms with Crippen molar-refractivity contribution in [3.8, 4) is 5.75 Å². The van der Waals surface area contributed by atoms with Crippen LogP contribution < -0.4 is 10.1 Å². The molecular weight excluding hydrogens is 398 g/mol. The number of hydrogen-bond donors (Lipinski definition) is 1. The summed E-state index contributed by atoms with van der Waals surface area (Å²) in [6.07, 6.45) is 3.70. The number of fused-ring (bicyclic) bond motifs is 1. The van der Waals surface area contributed by atoms with E-state index in [1.54, 1.807) is 20.4 Å². The lowest BCUT2D eigenvalue weighted by molar-refractivity contribution is -0.130. The fourth-order valence-corrected chi connectivity index (χ4v) is 5.35. The van der Waals surface area contributed by atoms with Crippen molar-refractivity contribution in [2.45, 2.75) is 25.2 Å². The highest BCUT2D eigenvalue weighted by Gasteiger charge is 2.32. The first-order chi connectivity index (χ1) is 14.6.